The van der Waals surface area contributed by atoms with Crippen LogP contribution in [0.5, 0.6) is 5.75 Å². The van der Waals surface area contributed by atoms with E-state index < -0.39 is 0 Å². The van der Waals surface area contributed by atoms with E-state index >= 15 is 0 Å². The van der Waals surface area contributed by atoms with Gasteiger partial charge in [-0.1, -0.05) is 30.3 Å². The molecule has 2 aromatic carbocycles. The van der Waals surface area contributed by atoms with Gasteiger partial charge in [0.1, 0.15) is 5.75 Å². The number of piperazine rings is 1. The van der Waals surface area contributed by atoms with Gasteiger partial charge in [0.2, 0.25) is 0 Å². The molecule has 0 radical (unpaired) electrons. The highest BCUT2D eigenvalue weighted by Gasteiger charge is 2.26. The number of esters is 1. The Morgan fingerprint density at radius 3 is 2.58 bits per heavy atom. The van der Waals surface area contributed by atoms with E-state index in [-0.39, 0.29) is 24.4 Å². The van der Waals surface area contributed by atoms with Gasteiger partial charge < -0.3 is 14.8 Å². The molecule has 1 fully saturated rings. The van der Waals surface area contributed by atoms with Crippen LogP contribution in [0.1, 0.15) is 27.5 Å². The number of nitrogens with zero attached hydrogens (tertiary/aromatic N) is 1. The Balaban J connectivity index is 0.00000243. The van der Waals surface area contributed by atoms with E-state index in [2.05, 4.69) is 22.3 Å². The summed E-state index contributed by atoms with van der Waals surface area (Å²) in [5.41, 5.74) is 2.95. The fourth-order valence-corrected chi connectivity index (χ4v) is 3.28. The molecular formula is C20H25ClN2O3. The van der Waals surface area contributed by atoms with Crippen molar-refractivity contribution in [3.63, 3.8) is 0 Å². The fourth-order valence-electron chi connectivity index (χ4n) is 3.28. The monoisotopic (exact) mass is 376 g/mol. The average Bonchev–Trinajstić information content (AvgIpc) is 2.68. The van der Waals surface area contributed by atoms with Gasteiger partial charge in [-0.05, 0) is 23.8 Å². The van der Waals surface area contributed by atoms with Crippen molar-refractivity contribution in [3.8, 4) is 5.75 Å². The SMILES string of the molecule is COC(=O)c1ccc(CN2CCNCC2c2ccccc2OC)cc1.Cl. The van der Waals surface area contributed by atoms with E-state index in [1.54, 1.807) is 7.11 Å². The summed E-state index contributed by atoms with van der Waals surface area (Å²) in [5.74, 6) is 0.614. The molecule has 0 saturated carbocycles. The fraction of sp³-hybridized carbons (Fsp3) is 0.350. The molecular weight excluding hydrogens is 352 g/mol. The largest absolute Gasteiger partial charge is 0.496 e. The van der Waals surface area contributed by atoms with Crippen LogP contribution in [0.25, 0.3) is 0 Å². The highest BCUT2D eigenvalue weighted by Crippen LogP contribution is 2.31. The minimum atomic E-state index is -0.305. The lowest BCUT2D eigenvalue weighted by Crippen LogP contribution is -2.45. The Morgan fingerprint density at radius 2 is 1.88 bits per heavy atom. The first kappa shape index (κ1) is 20.2. The van der Waals surface area contributed by atoms with E-state index in [1.807, 2.05) is 36.4 Å². The van der Waals surface area contributed by atoms with Gasteiger partial charge in [-0.25, -0.2) is 4.79 Å². The molecule has 0 aromatic heterocycles. The van der Waals surface area contributed by atoms with Gasteiger partial charge in [0.25, 0.3) is 0 Å². The van der Waals surface area contributed by atoms with Gasteiger partial charge in [-0.15, -0.1) is 12.4 Å². The molecule has 1 saturated heterocycles. The number of carbonyl (C=O) groups is 1. The minimum Gasteiger partial charge on any atom is -0.496 e. The molecule has 5 nitrogen and oxygen atoms in total. The van der Waals surface area contributed by atoms with Crippen molar-refractivity contribution in [3.05, 3.63) is 65.2 Å². The van der Waals surface area contributed by atoms with Gasteiger partial charge in [-0.3, -0.25) is 4.90 Å². The van der Waals surface area contributed by atoms with E-state index in [0.29, 0.717) is 5.56 Å². The third-order valence-electron chi connectivity index (χ3n) is 4.61. The van der Waals surface area contributed by atoms with Crippen LogP contribution in [0.3, 0.4) is 0 Å². The molecule has 2 aromatic rings. The average molecular weight is 377 g/mol. The quantitative estimate of drug-likeness (QED) is 0.813. The van der Waals surface area contributed by atoms with Crippen LogP contribution in [0, 0.1) is 0 Å². The summed E-state index contributed by atoms with van der Waals surface area (Å²) in [7, 11) is 3.11. The Bertz CT molecular complexity index is 721. The van der Waals surface area contributed by atoms with Crippen LogP contribution in [0.4, 0.5) is 0 Å². The number of halogens is 1. The number of benzene rings is 2. The highest BCUT2D eigenvalue weighted by molar-refractivity contribution is 5.89. The molecule has 1 unspecified atom stereocenters. The molecule has 6 heteroatoms. The lowest BCUT2D eigenvalue weighted by atomic mass is 10.0. The van der Waals surface area contributed by atoms with E-state index in [1.165, 1.54) is 18.2 Å². The summed E-state index contributed by atoms with van der Waals surface area (Å²) < 4.78 is 10.3. The standard InChI is InChI=1S/C20H24N2O3.ClH/c1-24-19-6-4-3-5-17(19)18-13-21-11-12-22(18)14-15-7-9-16(10-8-15)20(23)25-2;/h3-10,18,21H,11-14H2,1-2H3;1H. The van der Waals surface area contributed by atoms with Crippen molar-refractivity contribution >= 4 is 18.4 Å². The predicted molar refractivity (Wildman–Crippen MR) is 104 cm³/mol. The van der Waals surface area contributed by atoms with Crippen molar-refractivity contribution in [2.75, 3.05) is 33.9 Å². The van der Waals surface area contributed by atoms with Gasteiger partial charge >= 0.3 is 5.97 Å². The van der Waals surface area contributed by atoms with Gasteiger partial charge in [0.15, 0.2) is 0 Å². The van der Waals surface area contributed by atoms with Crippen molar-refractivity contribution in [1.82, 2.24) is 10.2 Å². The maximum atomic E-state index is 11.6. The number of ether oxygens (including phenoxy) is 2. The summed E-state index contributed by atoms with van der Waals surface area (Å²) in [6, 6.07) is 16.1. The van der Waals surface area contributed by atoms with Gasteiger partial charge in [0.05, 0.1) is 25.8 Å². The summed E-state index contributed by atoms with van der Waals surface area (Å²) in [6.45, 7) is 3.64. The third kappa shape index (κ3) is 4.55. The molecule has 1 aliphatic heterocycles. The zero-order valence-corrected chi connectivity index (χ0v) is 15.9. The third-order valence-corrected chi connectivity index (χ3v) is 4.61. The zero-order chi connectivity index (χ0) is 17.6. The molecule has 0 aliphatic carbocycles. The van der Waals surface area contributed by atoms with Gasteiger partial charge in [0, 0.05) is 31.7 Å². The first-order valence-corrected chi connectivity index (χ1v) is 8.48. The molecule has 140 valence electrons. The van der Waals surface area contributed by atoms with Crippen LogP contribution < -0.4 is 10.1 Å². The first-order valence-electron chi connectivity index (χ1n) is 8.48. The predicted octanol–water partition coefficient (Wildman–Crippen LogP) is 3.05. The second-order valence-electron chi connectivity index (χ2n) is 6.12. The Hall–Kier alpha value is -2.08. The van der Waals surface area contributed by atoms with E-state index in [9.17, 15) is 4.79 Å². The summed E-state index contributed by atoms with van der Waals surface area (Å²) >= 11 is 0. The van der Waals surface area contributed by atoms with Crippen LogP contribution in [-0.2, 0) is 11.3 Å². The molecule has 26 heavy (non-hydrogen) atoms. The molecule has 1 N–H and O–H groups in total. The first-order chi connectivity index (χ1) is 12.2. The van der Waals surface area contributed by atoms with Crippen molar-refractivity contribution in [1.29, 1.82) is 0 Å². The van der Waals surface area contributed by atoms with E-state index in [0.717, 1.165) is 31.9 Å². The maximum absolute atomic E-state index is 11.6. The molecule has 0 bridgehead atoms. The normalized spacial score (nSPS) is 17.2. The molecule has 1 atom stereocenters. The zero-order valence-electron chi connectivity index (χ0n) is 15.1. The van der Waals surface area contributed by atoms with Crippen LogP contribution in [0.15, 0.2) is 48.5 Å². The smallest absolute Gasteiger partial charge is 0.337 e. The van der Waals surface area contributed by atoms with Crippen LogP contribution in [-0.4, -0.2) is 44.7 Å². The minimum absolute atomic E-state index is 0. The van der Waals surface area contributed by atoms with Crippen molar-refractivity contribution in [2.45, 2.75) is 12.6 Å². The second-order valence-corrected chi connectivity index (χ2v) is 6.12. The number of methoxy groups -OCH3 is 2. The molecule has 0 spiro atoms. The maximum Gasteiger partial charge on any atom is 0.337 e. The Labute approximate surface area is 160 Å². The number of hydrogen-bond acceptors (Lipinski definition) is 5. The van der Waals surface area contributed by atoms with E-state index in [4.69, 9.17) is 9.47 Å². The van der Waals surface area contributed by atoms with Crippen molar-refractivity contribution < 1.29 is 14.3 Å². The summed E-state index contributed by atoms with van der Waals surface area (Å²) in [4.78, 5) is 14.0. The Morgan fingerprint density at radius 1 is 1.15 bits per heavy atom. The molecule has 0 amide bonds. The summed E-state index contributed by atoms with van der Waals surface area (Å²) in [6.07, 6.45) is 0. The second kappa shape index (κ2) is 9.57. The lowest BCUT2D eigenvalue weighted by Gasteiger charge is -2.37. The summed E-state index contributed by atoms with van der Waals surface area (Å²) in [5, 5.41) is 3.47. The lowest BCUT2D eigenvalue weighted by molar-refractivity contribution is 0.0600. The van der Waals surface area contributed by atoms with Crippen molar-refractivity contribution in [2.24, 2.45) is 0 Å². The van der Waals surface area contributed by atoms with Crippen LogP contribution >= 0.6 is 12.4 Å². The Kier molecular flexibility index (Phi) is 7.45. The molecule has 1 aliphatic rings. The number of hydrogen-bond donors (Lipinski definition) is 1. The number of rotatable bonds is 5. The number of carbonyl (C=O) groups excluding carboxylic acids is 1. The number of para-hydroxylation sites is 1. The molecule has 1 heterocycles. The number of nitrogens with one attached hydrogen (secondary N) is 1. The molecule has 3 rings (SSSR count). The highest BCUT2D eigenvalue weighted by atomic mass is 35.5. The van der Waals surface area contributed by atoms with Gasteiger partial charge in [-0.2, -0.15) is 0 Å². The topological polar surface area (TPSA) is 50.8 Å². The van der Waals surface area contributed by atoms with Crippen LogP contribution in [0.2, 0.25) is 0 Å².